The third kappa shape index (κ3) is 5.79. The topological polar surface area (TPSA) is 87.7 Å². The van der Waals surface area contributed by atoms with E-state index in [1.807, 2.05) is 31.2 Å². The molecule has 8 heteroatoms. The molecule has 1 aliphatic rings. The van der Waals surface area contributed by atoms with Crippen LogP contribution in [0, 0.1) is 0 Å². The van der Waals surface area contributed by atoms with Gasteiger partial charge in [-0.1, -0.05) is 31.5 Å². The number of amides is 1. The van der Waals surface area contributed by atoms with Gasteiger partial charge in [0.05, 0.1) is 18.1 Å². The largest absolute Gasteiger partial charge is 0.378 e. The average Bonchev–Trinajstić information content (AvgIpc) is 2.75. The Balaban J connectivity index is 1.66. The van der Waals surface area contributed by atoms with Crippen molar-refractivity contribution in [3.05, 3.63) is 54.6 Å². The van der Waals surface area contributed by atoms with Gasteiger partial charge in [0.1, 0.15) is 6.04 Å². The molecule has 3 rings (SSSR count). The lowest BCUT2D eigenvalue weighted by Crippen LogP contribution is -2.43. The van der Waals surface area contributed by atoms with Gasteiger partial charge in [0.15, 0.2) is 0 Å². The zero-order valence-corrected chi connectivity index (χ0v) is 17.3. The third-order valence-electron chi connectivity index (χ3n) is 4.76. The summed E-state index contributed by atoms with van der Waals surface area (Å²) in [5.74, 6) is -0.370. The van der Waals surface area contributed by atoms with Crippen LogP contribution in [0.15, 0.2) is 59.5 Å². The lowest BCUT2D eigenvalue weighted by molar-refractivity contribution is -0.117. The van der Waals surface area contributed by atoms with Crippen LogP contribution in [0.4, 0.5) is 11.4 Å². The number of hydrogen-bond donors (Lipinski definition) is 2. The van der Waals surface area contributed by atoms with Crippen LogP contribution < -0.4 is 14.9 Å². The van der Waals surface area contributed by atoms with Crippen LogP contribution in [0.1, 0.15) is 19.8 Å². The van der Waals surface area contributed by atoms with E-state index in [-0.39, 0.29) is 10.8 Å². The summed E-state index contributed by atoms with van der Waals surface area (Å²) < 4.78 is 33.1. The molecule has 156 valence electrons. The number of nitrogens with zero attached hydrogens (tertiary/aromatic N) is 1. The molecule has 1 unspecified atom stereocenters. The number of hydrogen-bond acceptors (Lipinski definition) is 5. The molecular weight excluding hydrogens is 390 g/mol. The highest BCUT2D eigenvalue weighted by Gasteiger charge is 2.25. The van der Waals surface area contributed by atoms with Crippen LogP contribution in [0.2, 0.25) is 0 Å². The van der Waals surface area contributed by atoms with Crippen LogP contribution in [0.5, 0.6) is 0 Å². The molecule has 2 N–H and O–H groups in total. The maximum atomic E-state index is 12.7. The lowest BCUT2D eigenvalue weighted by Gasteiger charge is -2.29. The van der Waals surface area contributed by atoms with E-state index >= 15 is 0 Å². The van der Waals surface area contributed by atoms with Crippen molar-refractivity contribution in [2.24, 2.45) is 0 Å². The van der Waals surface area contributed by atoms with Crippen molar-refractivity contribution in [1.82, 2.24) is 4.72 Å². The second-order valence-electron chi connectivity index (χ2n) is 6.91. The molecule has 1 saturated heterocycles. The summed E-state index contributed by atoms with van der Waals surface area (Å²) in [6.45, 7) is 5.00. The molecular formula is C21H27N3O4S. The molecule has 0 bridgehead atoms. The number of rotatable bonds is 8. The second-order valence-corrected chi connectivity index (χ2v) is 8.63. The van der Waals surface area contributed by atoms with Crippen molar-refractivity contribution in [3.8, 4) is 0 Å². The van der Waals surface area contributed by atoms with E-state index in [0.29, 0.717) is 31.7 Å². The molecule has 7 nitrogen and oxygen atoms in total. The summed E-state index contributed by atoms with van der Waals surface area (Å²) in [6.07, 6.45) is 1.08. The summed E-state index contributed by atoms with van der Waals surface area (Å²) in [7, 11) is -3.77. The Morgan fingerprint density at radius 3 is 2.34 bits per heavy atom. The Morgan fingerprint density at radius 1 is 1.07 bits per heavy atom. The smallest absolute Gasteiger partial charge is 0.242 e. The van der Waals surface area contributed by atoms with Crippen LogP contribution in [0.3, 0.4) is 0 Å². The summed E-state index contributed by atoms with van der Waals surface area (Å²) in [5.41, 5.74) is 1.70. The Bertz CT molecular complexity index is 895. The molecule has 0 spiro atoms. The molecule has 0 radical (unpaired) electrons. The maximum Gasteiger partial charge on any atom is 0.242 e. The first-order chi connectivity index (χ1) is 14.0. The fraction of sp³-hybridized carbons (Fsp3) is 0.381. The number of carbonyl (C=O) groups is 1. The van der Waals surface area contributed by atoms with Crippen LogP contribution >= 0.6 is 0 Å². The number of benzene rings is 2. The highest BCUT2D eigenvalue weighted by atomic mass is 32.2. The molecule has 1 atom stereocenters. The van der Waals surface area contributed by atoms with Gasteiger partial charge in [-0.05, 0) is 42.8 Å². The minimum Gasteiger partial charge on any atom is -0.378 e. The van der Waals surface area contributed by atoms with E-state index in [1.54, 1.807) is 18.2 Å². The first-order valence-corrected chi connectivity index (χ1v) is 11.3. The first-order valence-electron chi connectivity index (χ1n) is 9.80. The summed E-state index contributed by atoms with van der Waals surface area (Å²) >= 11 is 0. The highest BCUT2D eigenvalue weighted by Crippen LogP contribution is 2.19. The van der Waals surface area contributed by atoms with Crippen molar-refractivity contribution in [2.75, 3.05) is 36.5 Å². The van der Waals surface area contributed by atoms with Crippen molar-refractivity contribution >= 4 is 27.3 Å². The molecule has 0 aliphatic carbocycles. The number of carbonyl (C=O) groups excluding carboxylic acids is 1. The number of nitrogens with one attached hydrogen (secondary N) is 2. The van der Waals surface area contributed by atoms with Crippen LogP contribution in [-0.2, 0) is 19.6 Å². The van der Waals surface area contributed by atoms with Gasteiger partial charge in [0.2, 0.25) is 15.9 Å². The lowest BCUT2D eigenvalue weighted by atomic mass is 10.1. The predicted molar refractivity (Wildman–Crippen MR) is 114 cm³/mol. The molecule has 0 saturated carbocycles. The van der Waals surface area contributed by atoms with E-state index < -0.39 is 16.1 Å². The van der Waals surface area contributed by atoms with E-state index in [9.17, 15) is 13.2 Å². The van der Waals surface area contributed by atoms with Crippen molar-refractivity contribution in [2.45, 2.75) is 30.7 Å². The molecule has 1 fully saturated rings. The number of anilines is 2. The van der Waals surface area contributed by atoms with Crippen molar-refractivity contribution < 1.29 is 17.9 Å². The first kappa shape index (κ1) is 21.3. The summed E-state index contributed by atoms with van der Waals surface area (Å²) in [6, 6.07) is 14.8. The Kier molecular flexibility index (Phi) is 7.24. The second kappa shape index (κ2) is 9.87. The fourth-order valence-electron chi connectivity index (χ4n) is 3.19. The highest BCUT2D eigenvalue weighted by molar-refractivity contribution is 7.89. The minimum atomic E-state index is -3.77. The average molecular weight is 418 g/mol. The van der Waals surface area contributed by atoms with Gasteiger partial charge in [-0.15, -0.1) is 0 Å². The van der Waals surface area contributed by atoms with Gasteiger partial charge in [-0.2, -0.15) is 4.72 Å². The van der Waals surface area contributed by atoms with Gasteiger partial charge in [-0.25, -0.2) is 8.42 Å². The summed E-state index contributed by atoms with van der Waals surface area (Å²) in [4.78, 5) is 15.1. The molecule has 2 aromatic rings. The zero-order valence-electron chi connectivity index (χ0n) is 16.5. The quantitative estimate of drug-likeness (QED) is 0.689. The van der Waals surface area contributed by atoms with Crippen LogP contribution in [0.25, 0.3) is 0 Å². The number of sulfonamides is 1. The van der Waals surface area contributed by atoms with E-state index in [4.69, 9.17) is 4.74 Å². The maximum absolute atomic E-state index is 12.7. The Labute approximate surface area is 172 Å². The normalized spacial score (nSPS) is 15.7. The van der Waals surface area contributed by atoms with Crippen molar-refractivity contribution in [1.29, 1.82) is 0 Å². The van der Waals surface area contributed by atoms with E-state index in [0.717, 1.165) is 18.8 Å². The summed E-state index contributed by atoms with van der Waals surface area (Å²) in [5, 5.41) is 2.82. The van der Waals surface area contributed by atoms with Gasteiger partial charge in [-0.3, -0.25) is 4.79 Å². The zero-order chi connectivity index (χ0) is 20.7. The molecule has 1 amide bonds. The van der Waals surface area contributed by atoms with Crippen molar-refractivity contribution in [3.63, 3.8) is 0 Å². The monoisotopic (exact) mass is 417 g/mol. The molecule has 1 aliphatic heterocycles. The predicted octanol–water partition coefficient (Wildman–Crippen LogP) is 2.61. The molecule has 29 heavy (non-hydrogen) atoms. The molecule has 0 aromatic heterocycles. The SMILES string of the molecule is CCCC(NS(=O)(=O)c1ccccc1)C(=O)Nc1ccc(N2CCOCC2)cc1. The Morgan fingerprint density at radius 2 is 1.72 bits per heavy atom. The third-order valence-corrected chi connectivity index (χ3v) is 6.24. The number of morpholine rings is 1. The van der Waals surface area contributed by atoms with Crippen LogP contribution in [-0.4, -0.2) is 46.7 Å². The van der Waals surface area contributed by atoms with E-state index in [1.165, 1.54) is 12.1 Å². The van der Waals surface area contributed by atoms with Gasteiger partial charge >= 0.3 is 0 Å². The fourth-order valence-corrected chi connectivity index (χ4v) is 4.44. The van der Waals surface area contributed by atoms with Gasteiger partial charge < -0.3 is 15.0 Å². The van der Waals surface area contributed by atoms with Gasteiger partial charge in [0, 0.05) is 24.5 Å². The molecule has 1 heterocycles. The molecule has 2 aromatic carbocycles. The standard InChI is InChI=1S/C21H27N3O4S/c1-2-6-20(23-29(26,27)19-7-4-3-5-8-19)21(25)22-17-9-11-18(12-10-17)24-13-15-28-16-14-24/h3-5,7-12,20,23H,2,6,13-16H2,1H3,(H,22,25). The number of ether oxygens (including phenoxy) is 1. The van der Waals surface area contributed by atoms with Gasteiger partial charge in [0.25, 0.3) is 0 Å². The Hall–Kier alpha value is -2.42. The van der Waals surface area contributed by atoms with E-state index in [2.05, 4.69) is 14.9 Å². The minimum absolute atomic E-state index is 0.142.